The number of anilines is 1. The van der Waals surface area contributed by atoms with Crippen molar-refractivity contribution in [3.05, 3.63) is 53.7 Å². The van der Waals surface area contributed by atoms with Gasteiger partial charge in [0.1, 0.15) is 11.6 Å². The Morgan fingerprint density at radius 1 is 1.08 bits per heavy atom. The molecule has 1 aromatic heterocycles. The predicted octanol–water partition coefficient (Wildman–Crippen LogP) is 2.80. The number of aromatic nitrogens is 1. The minimum atomic E-state index is 0.555. The summed E-state index contributed by atoms with van der Waals surface area (Å²) < 4.78 is 5.68. The van der Waals surface area contributed by atoms with E-state index in [1.54, 1.807) is 0 Å². The van der Waals surface area contributed by atoms with E-state index < -0.39 is 0 Å². The van der Waals surface area contributed by atoms with Crippen LogP contribution in [0.3, 0.4) is 0 Å². The number of benzene rings is 1. The lowest BCUT2D eigenvalue weighted by Gasteiger charge is -2.17. The summed E-state index contributed by atoms with van der Waals surface area (Å²) in [5, 5.41) is 6.67. The third kappa shape index (κ3) is 5.65. The number of guanidine groups is 1. The summed E-state index contributed by atoms with van der Waals surface area (Å²) in [7, 11) is 3.99. The van der Waals surface area contributed by atoms with Crippen molar-refractivity contribution in [2.24, 2.45) is 4.99 Å². The third-order valence-corrected chi connectivity index (χ3v) is 3.76. The first-order valence-corrected chi connectivity index (χ1v) is 8.99. The Morgan fingerprint density at radius 3 is 2.58 bits per heavy atom. The summed E-state index contributed by atoms with van der Waals surface area (Å²) in [6.07, 6.45) is 1.81. The van der Waals surface area contributed by atoms with Gasteiger partial charge in [-0.3, -0.25) is 0 Å². The molecule has 2 aromatic rings. The second-order valence-electron chi connectivity index (χ2n) is 5.97. The number of ether oxygens (including phenoxy) is 1. The number of pyridine rings is 1. The molecule has 26 heavy (non-hydrogen) atoms. The summed E-state index contributed by atoms with van der Waals surface area (Å²) in [5.74, 6) is 2.61. The van der Waals surface area contributed by atoms with Crippen LogP contribution < -0.4 is 20.3 Å². The fourth-order valence-electron chi connectivity index (χ4n) is 2.59. The first-order valence-electron chi connectivity index (χ1n) is 8.99. The molecule has 2 rings (SSSR count). The van der Waals surface area contributed by atoms with E-state index in [0.29, 0.717) is 19.7 Å². The number of para-hydroxylation sites is 1. The van der Waals surface area contributed by atoms with Crippen LogP contribution >= 0.6 is 0 Å². The zero-order valence-corrected chi connectivity index (χ0v) is 16.1. The van der Waals surface area contributed by atoms with E-state index in [1.807, 2.05) is 62.4 Å². The van der Waals surface area contributed by atoms with Gasteiger partial charge in [-0.15, -0.1) is 0 Å². The van der Waals surface area contributed by atoms with Crippen molar-refractivity contribution in [1.29, 1.82) is 0 Å². The van der Waals surface area contributed by atoms with Crippen LogP contribution in [0, 0.1) is 0 Å². The predicted molar refractivity (Wildman–Crippen MR) is 108 cm³/mol. The molecule has 0 aliphatic heterocycles. The van der Waals surface area contributed by atoms with Gasteiger partial charge in [0.25, 0.3) is 0 Å². The van der Waals surface area contributed by atoms with Crippen LogP contribution in [0.5, 0.6) is 5.75 Å². The van der Waals surface area contributed by atoms with Crippen LogP contribution in [-0.4, -0.2) is 38.2 Å². The summed E-state index contributed by atoms with van der Waals surface area (Å²) in [6, 6.07) is 12.0. The van der Waals surface area contributed by atoms with Crippen LogP contribution in [0.25, 0.3) is 0 Å². The number of rotatable bonds is 8. The fourth-order valence-corrected chi connectivity index (χ4v) is 2.59. The molecule has 0 bridgehead atoms. The van der Waals surface area contributed by atoms with Crippen LogP contribution in [-0.2, 0) is 13.1 Å². The van der Waals surface area contributed by atoms with E-state index >= 15 is 0 Å². The van der Waals surface area contributed by atoms with Crippen LogP contribution in [0.1, 0.15) is 25.0 Å². The van der Waals surface area contributed by atoms with Gasteiger partial charge in [-0.2, -0.15) is 0 Å². The molecule has 140 valence electrons. The molecule has 0 amide bonds. The van der Waals surface area contributed by atoms with Gasteiger partial charge in [-0.05, 0) is 26.0 Å². The Hall–Kier alpha value is -2.76. The summed E-state index contributed by atoms with van der Waals surface area (Å²) >= 11 is 0. The number of aliphatic imine (C=N–C) groups is 1. The van der Waals surface area contributed by atoms with Crippen molar-refractivity contribution < 1.29 is 4.74 Å². The molecular formula is C20H29N5O. The molecule has 2 N–H and O–H groups in total. The third-order valence-electron chi connectivity index (χ3n) is 3.76. The Labute approximate surface area is 156 Å². The first kappa shape index (κ1) is 19.6. The van der Waals surface area contributed by atoms with E-state index in [9.17, 15) is 0 Å². The molecule has 1 heterocycles. The smallest absolute Gasteiger partial charge is 0.191 e. The molecule has 0 unspecified atom stereocenters. The average molecular weight is 355 g/mol. The highest BCUT2D eigenvalue weighted by atomic mass is 16.5. The van der Waals surface area contributed by atoms with Crippen LogP contribution in [0.4, 0.5) is 5.82 Å². The molecule has 6 nitrogen and oxygen atoms in total. The van der Waals surface area contributed by atoms with E-state index in [4.69, 9.17) is 9.73 Å². The van der Waals surface area contributed by atoms with Crippen molar-refractivity contribution in [3.63, 3.8) is 0 Å². The molecular weight excluding hydrogens is 326 g/mol. The maximum Gasteiger partial charge on any atom is 0.191 e. The maximum atomic E-state index is 5.68. The molecule has 6 heteroatoms. The Balaban J connectivity index is 2.08. The number of hydrogen-bond acceptors (Lipinski definition) is 4. The minimum absolute atomic E-state index is 0.555. The molecule has 0 aliphatic rings. The molecule has 0 saturated heterocycles. The van der Waals surface area contributed by atoms with Gasteiger partial charge in [0, 0.05) is 44.5 Å². The normalized spacial score (nSPS) is 11.2. The molecule has 0 saturated carbocycles. The van der Waals surface area contributed by atoms with Crippen LogP contribution in [0.15, 0.2) is 47.6 Å². The Morgan fingerprint density at radius 2 is 1.85 bits per heavy atom. The van der Waals surface area contributed by atoms with Crippen molar-refractivity contribution >= 4 is 11.8 Å². The van der Waals surface area contributed by atoms with E-state index in [1.165, 1.54) is 0 Å². The lowest BCUT2D eigenvalue weighted by Crippen LogP contribution is -2.37. The molecule has 0 atom stereocenters. The average Bonchev–Trinajstić information content (AvgIpc) is 2.65. The van der Waals surface area contributed by atoms with Crippen molar-refractivity contribution in [1.82, 2.24) is 15.6 Å². The molecule has 1 aromatic carbocycles. The summed E-state index contributed by atoms with van der Waals surface area (Å²) in [5.41, 5.74) is 2.19. The largest absolute Gasteiger partial charge is 0.494 e. The lowest BCUT2D eigenvalue weighted by molar-refractivity contribution is 0.336. The number of nitrogens with one attached hydrogen (secondary N) is 2. The van der Waals surface area contributed by atoms with Gasteiger partial charge in [-0.1, -0.05) is 24.3 Å². The fraction of sp³-hybridized carbons (Fsp3) is 0.400. The van der Waals surface area contributed by atoms with Gasteiger partial charge < -0.3 is 20.3 Å². The van der Waals surface area contributed by atoms with Gasteiger partial charge in [0.15, 0.2) is 5.96 Å². The number of hydrogen-bond donors (Lipinski definition) is 2. The highest BCUT2D eigenvalue weighted by Crippen LogP contribution is 2.19. The highest BCUT2D eigenvalue weighted by Gasteiger charge is 2.07. The van der Waals surface area contributed by atoms with Crippen LogP contribution in [0.2, 0.25) is 0 Å². The van der Waals surface area contributed by atoms with E-state index in [2.05, 4.69) is 28.6 Å². The van der Waals surface area contributed by atoms with E-state index in [-0.39, 0.29) is 0 Å². The highest BCUT2D eigenvalue weighted by molar-refractivity contribution is 5.79. The quantitative estimate of drug-likeness (QED) is 0.563. The molecule has 0 aliphatic carbocycles. The lowest BCUT2D eigenvalue weighted by atomic mass is 10.2. The van der Waals surface area contributed by atoms with E-state index in [0.717, 1.165) is 35.2 Å². The Kier molecular flexibility index (Phi) is 7.74. The van der Waals surface area contributed by atoms with Gasteiger partial charge >= 0.3 is 0 Å². The molecule has 0 spiro atoms. The second kappa shape index (κ2) is 10.3. The summed E-state index contributed by atoms with van der Waals surface area (Å²) in [4.78, 5) is 11.1. The van der Waals surface area contributed by atoms with Crippen molar-refractivity contribution in [2.45, 2.75) is 26.9 Å². The second-order valence-corrected chi connectivity index (χ2v) is 5.97. The zero-order valence-electron chi connectivity index (χ0n) is 16.1. The molecule has 0 radical (unpaired) electrons. The van der Waals surface area contributed by atoms with Crippen molar-refractivity contribution in [2.75, 3.05) is 32.1 Å². The van der Waals surface area contributed by atoms with Gasteiger partial charge in [-0.25, -0.2) is 9.98 Å². The first-order chi connectivity index (χ1) is 12.7. The standard InChI is InChI=1S/C20H29N5O/c1-5-21-20(23-14-16-10-7-8-12-18(16)26-6-2)24-15-17-11-9-13-22-19(17)25(3)4/h7-13H,5-6,14-15H2,1-4H3,(H2,21,23,24). The minimum Gasteiger partial charge on any atom is -0.494 e. The van der Waals surface area contributed by atoms with Gasteiger partial charge in [0.05, 0.1) is 13.2 Å². The zero-order chi connectivity index (χ0) is 18.8. The maximum absolute atomic E-state index is 5.68. The molecule has 0 fully saturated rings. The Bertz CT molecular complexity index is 715. The topological polar surface area (TPSA) is 61.8 Å². The summed E-state index contributed by atoms with van der Waals surface area (Å²) in [6.45, 7) is 6.70. The SMILES string of the molecule is CCNC(=NCc1ccccc1OCC)NCc1cccnc1N(C)C. The van der Waals surface area contributed by atoms with Gasteiger partial charge in [0.2, 0.25) is 0 Å². The number of nitrogens with zero attached hydrogens (tertiary/aromatic N) is 3. The van der Waals surface area contributed by atoms with Crippen molar-refractivity contribution in [3.8, 4) is 5.75 Å². The monoisotopic (exact) mass is 355 g/mol.